The Balaban J connectivity index is 1.77. The molecule has 0 aliphatic heterocycles. The minimum absolute atomic E-state index is 0.114. The maximum absolute atomic E-state index is 11.4. The van der Waals surface area contributed by atoms with Crippen molar-refractivity contribution in [1.82, 2.24) is 20.6 Å². The van der Waals surface area contributed by atoms with Crippen molar-refractivity contribution in [2.45, 2.75) is 6.10 Å². The van der Waals surface area contributed by atoms with Gasteiger partial charge in [0.25, 0.3) is 5.69 Å². The van der Waals surface area contributed by atoms with E-state index >= 15 is 0 Å². The van der Waals surface area contributed by atoms with Crippen LogP contribution in [0.2, 0.25) is 0 Å². The number of hydrogen-bond donors (Lipinski definition) is 1. The van der Waals surface area contributed by atoms with Crippen molar-refractivity contribution in [3.05, 3.63) is 100 Å². The van der Waals surface area contributed by atoms with Crippen LogP contribution in [0, 0.1) is 10.1 Å². The quantitative estimate of drug-likeness (QED) is 0.405. The first kappa shape index (κ1) is 17.3. The largest absolute Gasteiger partial charge is 0.481 e. The first-order valence-corrected chi connectivity index (χ1v) is 8.50. The fourth-order valence-electron chi connectivity index (χ4n) is 2.89. The molecule has 8 heteroatoms. The van der Waals surface area contributed by atoms with Crippen LogP contribution in [0.1, 0.15) is 17.2 Å². The van der Waals surface area contributed by atoms with Crippen LogP contribution in [-0.4, -0.2) is 25.5 Å². The number of rotatable bonds is 6. The standard InChI is InChI=1S/C20H15N5O3/c26-25(27)17-11-16(20-21-23-24-22-20)12-18(13-17)28-19(14-7-3-1-4-8-14)15-9-5-2-6-10-15/h1-13,19H,(H,21,22,23,24). The van der Waals surface area contributed by atoms with E-state index in [1.807, 2.05) is 60.7 Å². The first-order chi connectivity index (χ1) is 13.7. The zero-order valence-corrected chi connectivity index (χ0v) is 14.6. The van der Waals surface area contributed by atoms with Crippen molar-refractivity contribution in [3.8, 4) is 17.1 Å². The Labute approximate surface area is 160 Å². The lowest BCUT2D eigenvalue weighted by molar-refractivity contribution is -0.384. The summed E-state index contributed by atoms with van der Waals surface area (Å²) in [6.07, 6.45) is -0.428. The molecule has 4 aromatic rings. The van der Waals surface area contributed by atoms with E-state index in [0.717, 1.165) is 11.1 Å². The van der Waals surface area contributed by atoms with E-state index in [4.69, 9.17) is 4.74 Å². The molecule has 8 nitrogen and oxygen atoms in total. The summed E-state index contributed by atoms with van der Waals surface area (Å²) in [4.78, 5) is 10.9. The molecule has 0 spiro atoms. The van der Waals surface area contributed by atoms with Crippen LogP contribution in [0.25, 0.3) is 11.4 Å². The highest BCUT2D eigenvalue weighted by Gasteiger charge is 2.19. The van der Waals surface area contributed by atoms with Crippen molar-refractivity contribution in [3.63, 3.8) is 0 Å². The molecule has 1 heterocycles. The zero-order valence-electron chi connectivity index (χ0n) is 14.6. The lowest BCUT2D eigenvalue weighted by atomic mass is 10.0. The van der Waals surface area contributed by atoms with Gasteiger partial charge in [0.2, 0.25) is 5.82 Å². The molecule has 0 fully saturated rings. The summed E-state index contributed by atoms with van der Waals surface area (Å²) >= 11 is 0. The molecule has 138 valence electrons. The minimum atomic E-state index is -0.476. The Hall–Kier alpha value is -4.07. The highest BCUT2D eigenvalue weighted by Crippen LogP contribution is 2.33. The Morgan fingerprint density at radius 1 is 0.929 bits per heavy atom. The third-order valence-electron chi connectivity index (χ3n) is 4.16. The molecule has 28 heavy (non-hydrogen) atoms. The Kier molecular flexibility index (Phi) is 4.75. The summed E-state index contributed by atoms with van der Waals surface area (Å²) in [7, 11) is 0. The lowest BCUT2D eigenvalue weighted by Gasteiger charge is -2.20. The van der Waals surface area contributed by atoms with E-state index in [2.05, 4.69) is 20.6 Å². The third kappa shape index (κ3) is 3.70. The molecule has 0 bridgehead atoms. The Bertz CT molecular complexity index is 1030. The van der Waals surface area contributed by atoms with Gasteiger partial charge in [-0.25, -0.2) is 0 Å². The van der Waals surface area contributed by atoms with Gasteiger partial charge in [-0.1, -0.05) is 60.7 Å². The third-order valence-corrected chi connectivity index (χ3v) is 4.16. The average Bonchev–Trinajstić information content (AvgIpc) is 3.28. The fourth-order valence-corrected chi connectivity index (χ4v) is 2.89. The molecule has 3 aromatic carbocycles. The van der Waals surface area contributed by atoms with E-state index in [9.17, 15) is 10.1 Å². The normalized spacial score (nSPS) is 10.8. The topological polar surface area (TPSA) is 107 Å². The van der Waals surface area contributed by atoms with Gasteiger partial charge in [0, 0.05) is 11.6 Å². The predicted octanol–water partition coefficient (Wildman–Crippen LogP) is 3.94. The van der Waals surface area contributed by atoms with Gasteiger partial charge >= 0.3 is 0 Å². The maximum atomic E-state index is 11.4. The van der Waals surface area contributed by atoms with Crippen LogP contribution in [0.5, 0.6) is 5.75 Å². The number of nitrogens with one attached hydrogen (secondary N) is 1. The number of nitrogens with zero attached hydrogens (tertiary/aromatic N) is 4. The summed E-state index contributed by atoms with van der Waals surface area (Å²) < 4.78 is 6.23. The van der Waals surface area contributed by atoms with Crippen LogP contribution >= 0.6 is 0 Å². The number of nitro benzene ring substituents is 1. The van der Waals surface area contributed by atoms with Gasteiger partial charge in [0.15, 0.2) is 0 Å². The van der Waals surface area contributed by atoms with Gasteiger partial charge in [-0.3, -0.25) is 10.1 Å². The maximum Gasteiger partial charge on any atom is 0.273 e. The lowest BCUT2D eigenvalue weighted by Crippen LogP contribution is -2.09. The van der Waals surface area contributed by atoms with Crippen molar-refractivity contribution < 1.29 is 9.66 Å². The van der Waals surface area contributed by atoms with Crippen LogP contribution in [0.3, 0.4) is 0 Å². The van der Waals surface area contributed by atoms with Crippen LogP contribution in [0.4, 0.5) is 5.69 Å². The molecular weight excluding hydrogens is 358 g/mol. The molecule has 1 N–H and O–H groups in total. The fraction of sp³-hybridized carbons (Fsp3) is 0.0500. The molecular formula is C20H15N5O3. The van der Waals surface area contributed by atoms with Gasteiger partial charge in [-0.05, 0) is 22.4 Å². The number of aromatic amines is 1. The number of H-pyrrole nitrogens is 1. The molecule has 1 aromatic heterocycles. The van der Waals surface area contributed by atoms with E-state index in [1.165, 1.54) is 12.1 Å². The number of benzene rings is 3. The summed E-state index contributed by atoms with van der Waals surface area (Å²) in [5.74, 6) is 0.594. The van der Waals surface area contributed by atoms with Gasteiger partial charge in [0.05, 0.1) is 11.0 Å². The summed E-state index contributed by atoms with van der Waals surface area (Å²) in [6.45, 7) is 0. The number of tetrazole rings is 1. The van der Waals surface area contributed by atoms with Gasteiger partial charge in [-0.2, -0.15) is 5.21 Å². The number of ether oxygens (including phenoxy) is 1. The van der Waals surface area contributed by atoms with Gasteiger partial charge in [-0.15, -0.1) is 10.2 Å². The van der Waals surface area contributed by atoms with E-state index < -0.39 is 11.0 Å². The molecule has 0 aliphatic rings. The highest BCUT2D eigenvalue weighted by molar-refractivity contribution is 5.62. The van der Waals surface area contributed by atoms with Crippen LogP contribution in [0.15, 0.2) is 78.9 Å². The summed E-state index contributed by atoms with van der Waals surface area (Å²) in [6, 6.07) is 23.8. The number of aromatic nitrogens is 4. The Morgan fingerprint density at radius 2 is 1.57 bits per heavy atom. The van der Waals surface area contributed by atoms with Gasteiger partial charge in [0.1, 0.15) is 11.9 Å². The van der Waals surface area contributed by atoms with E-state index in [1.54, 1.807) is 6.07 Å². The van der Waals surface area contributed by atoms with Gasteiger partial charge < -0.3 is 4.74 Å². The van der Waals surface area contributed by atoms with E-state index in [-0.39, 0.29) is 11.5 Å². The summed E-state index contributed by atoms with van der Waals surface area (Å²) in [5, 5.41) is 25.0. The predicted molar refractivity (Wildman–Crippen MR) is 102 cm³/mol. The molecule has 0 unspecified atom stereocenters. The summed E-state index contributed by atoms with van der Waals surface area (Å²) in [5.41, 5.74) is 2.19. The smallest absolute Gasteiger partial charge is 0.273 e. The van der Waals surface area contributed by atoms with Crippen molar-refractivity contribution >= 4 is 5.69 Å². The number of nitro groups is 1. The first-order valence-electron chi connectivity index (χ1n) is 8.50. The SMILES string of the molecule is O=[N+]([O-])c1cc(OC(c2ccccc2)c2ccccc2)cc(-c2nn[nH]n2)c1. The second-order valence-electron chi connectivity index (χ2n) is 6.03. The van der Waals surface area contributed by atoms with Crippen molar-refractivity contribution in [2.75, 3.05) is 0 Å². The minimum Gasteiger partial charge on any atom is -0.481 e. The molecule has 0 aliphatic carbocycles. The highest BCUT2D eigenvalue weighted by atomic mass is 16.6. The zero-order chi connectivity index (χ0) is 19.3. The molecule has 0 saturated carbocycles. The molecule has 0 atom stereocenters. The molecule has 0 radical (unpaired) electrons. The van der Waals surface area contributed by atoms with Crippen LogP contribution < -0.4 is 4.74 Å². The number of non-ortho nitro benzene ring substituents is 1. The Morgan fingerprint density at radius 3 is 2.11 bits per heavy atom. The van der Waals surface area contributed by atoms with Crippen molar-refractivity contribution in [2.24, 2.45) is 0 Å². The van der Waals surface area contributed by atoms with E-state index in [0.29, 0.717) is 11.3 Å². The molecule has 0 amide bonds. The average molecular weight is 373 g/mol. The van der Waals surface area contributed by atoms with Crippen molar-refractivity contribution in [1.29, 1.82) is 0 Å². The molecule has 0 saturated heterocycles. The van der Waals surface area contributed by atoms with Crippen LogP contribution in [-0.2, 0) is 0 Å². The number of hydrogen-bond acceptors (Lipinski definition) is 6. The second kappa shape index (κ2) is 7.67. The molecule has 4 rings (SSSR count). The second-order valence-corrected chi connectivity index (χ2v) is 6.03. The monoisotopic (exact) mass is 373 g/mol.